The smallest absolute Gasteiger partial charge is 0.268 e. The fraction of sp³-hybridized carbons (Fsp3) is 0.478. The molecule has 154 valence electrons. The molecule has 0 bridgehead atoms. The van der Waals surface area contributed by atoms with Gasteiger partial charge in [-0.2, -0.15) is 0 Å². The Bertz CT molecular complexity index is 893. The lowest BCUT2D eigenvalue weighted by molar-refractivity contribution is 0.0921. The van der Waals surface area contributed by atoms with Gasteiger partial charge in [0.25, 0.3) is 5.91 Å². The average molecular weight is 412 g/mol. The van der Waals surface area contributed by atoms with Gasteiger partial charge in [0.05, 0.1) is 18.5 Å². The van der Waals surface area contributed by atoms with Crippen LogP contribution in [0.1, 0.15) is 71.3 Å². The number of thioether (sulfide) groups is 1. The summed E-state index contributed by atoms with van der Waals surface area (Å²) < 4.78 is 2.03. The van der Waals surface area contributed by atoms with E-state index in [-0.39, 0.29) is 17.7 Å². The number of Topliss-reactive ketones (excluding diaryl/α,β-unsaturated/α-hetero) is 1. The molecule has 6 heteroatoms. The van der Waals surface area contributed by atoms with Crippen molar-refractivity contribution in [3.63, 3.8) is 0 Å². The van der Waals surface area contributed by atoms with E-state index in [4.69, 9.17) is 0 Å². The number of carbonyl (C=O) groups is 2. The number of hydrogen-bond donors (Lipinski definition) is 1. The van der Waals surface area contributed by atoms with E-state index in [0.717, 1.165) is 54.3 Å². The Kier molecular flexibility index (Phi) is 6.11. The molecule has 1 fully saturated rings. The van der Waals surface area contributed by atoms with Crippen molar-refractivity contribution in [3.8, 4) is 0 Å². The third-order valence-electron chi connectivity index (χ3n) is 6.15. The number of ketones is 1. The second-order valence-electron chi connectivity index (χ2n) is 8.03. The average Bonchev–Trinajstić information content (AvgIpc) is 3.44. The van der Waals surface area contributed by atoms with Crippen LogP contribution in [0.5, 0.6) is 0 Å². The summed E-state index contributed by atoms with van der Waals surface area (Å²) in [6.07, 6.45) is 3.13. The molecule has 2 aliphatic heterocycles. The standard InChI is InChI=1S/C23H29N3O2S/c1-3-19(17-9-5-4-6-10-17)24-23(28)20-12-18(21-14-29-15-26(20)21)22(27)13-25-11-7-8-16(25)2/h4-6,9-10,12,16,19H,3,7-8,11,13-15H2,1-2H3,(H,24,28)/t16-,19+/m0/s1. The fourth-order valence-electron chi connectivity index (χ4n) is 4.39. The van der Waals surface area contributed by atoms with Gasteiger partial charge in [0.15, 0.2) is 5.78 Å². The van der Waals surface area contributed by atoms with Crippen LogP contribution in [0, 0.1) is 0 Å². The molecule has 1 amide bonds. The van der Waals surface area contributed by atoms with Crippen molar-refractivity contribution in [2.45, 2.75) is 56.8 Å². The predicted octanol–water partition coefficient (Wildman–Crippen LogP) is 4.24. The first-order valence-corrected chi connectivity index (χ1v) is 11.7. The van der Waals surface area contributed by atoms with E-state index in [0.29, 0.717) is 18.3 Å². The number of rotatable bonds is 7. The van der Waals surface area contributed by atoms with Crippen LogP contribution >= 0.6 is 11.8 Å². The summed E-state index contributed by atoms with van der Waals surface area (Å²) >= 11 is 1.75. The molecule has 4 rings (SSSR count). The lowest BCUT2D eigenvalue weighted by atomic mass is 10.0. The van der Waals surface area contributed by atoms with Gasteiger partial charge in [-0.15, -0.1) is 11.8 Å². The van der Waals surface area contributed by atoms with Crippen molar-refractivity contribution in [1.29, 1.82) is 0 Å². The van der Waals surface area contributed by atoms with E-state index in [1.54, 1.807) is 11.8 Å². The van der Waals surface area contributed by atoms with E-state index < -0.39 is 0 Å². The van der Waals surface area contributed by atoms with Gasteiger partial charge in [-0.05, 0) is 44.4 Å². The molecule has 0 radical (unpaired) electrons. The molecule has 0 saturated carbocycles. The van der Waals surface area contributed by atoms with Gasteiger partial charge in [0.2, 0.25) is 0 Å². The van der Waals surface area contributed by atoms with Crippen LogP contribution in [0.15, 0.2) is 36.4 Å². The largest absolute Gasteiger partial charge is 0.344 e. The predicted molar refractivity (Wildman–Crippen MR) is 117 cm³/mol. The number of likely N-dealkylation sites (tertiary alicyclic amines) is 1. The van der Waals surface area contributed by atoms with Crippen LogP contribution in [0.2, 0.25) is 0 Å². The van der Waals surface area contributed by atoms with Crippen molar-refractivity contribution < 1.29 is 9.59 Å². The summed E-state index contributed by atoms with van der Waals surface area (Å²) in [5.74, 6) is 1.56. The molecule has 0 unspecified atom stereocenters. The second-order valence-corrected chi connectivity index (χ2v) is 8.98. The number of carbonyl (C=O) groups excluding carboxylic acids is 2. The van der Waals surface area contributed by atoms with E-state index >= 15 is 0 Å². The van der Waals surface area contributed by atoms with Gasteiger partial charge >= 0.3 is 0 Å². The van der Waals surface area contributed by atoms with Crippen molar-refractivity contribution in [3.05, 3.63) is 58.9 Å². The highest BCUT2D eigenvalue weighted by molar-refractivity contribution is 7.97. The zero-order valence-electron chi connectivity index (χ0n) is 17.2. The molecule has 1 N–H and O–H groups in total. The zero-order valence-corrected chi connectivity index (χ0v) is 18.0. The highest BCUT2D eigenvalue weighted by Gasteiger charge is 2.30. The first-order chi connectivity index (χ1) is 14.1. The molecule has 2 aromatic rings. The fourth-order valence-corrected chi connectivity index (χ4v) is 5.46. The highest BCUT2D eigenvalue weighted by atomic mass is 32.2. The minimum Gasteiger partial charge on any atom is -0.344 e. The lowest BCUT2D eigenvalue weighted by Gasteiger charge is -2.19. The molecule has 2 aliphatic rings. The maximum Gasteiger partial charge on any atom is 0.268 e. The van der Waals surface area contributed by atoms with E-state index in [2.05, 4.69) is 24.1 Å². The van der Waals surface area contributed by atoms with Crippen LogP contribution < -0.4 is 5.32 Å². The Morgan fingerprint density at radius 3 is 2.76 bits per heavy atom. The van der Waals surface area contributed by atoms with Crippen molar-refractivity contribution in [1.82, 2.24) is 14.8 Å². The Labute approximate surface area is 176 Å². The molecule has 1 aromatic heterocycles. The van der Waals surface area contributed by atoms with Crippen LogP contribution in [0.25, 0.3) is 0 Å². The summed E-state index contributed by atoms with van der Waals surface area (Å²) in [6, 6.07) is 12.3. The zero-order chi connectivity index (χ0) is 20.4. The molecular formula is C23H29N3O2S. The van der Waals surface area contributed by atoms with Crippen molar-refractivity contribution >= 4 is 23.5 Å². The summed E-state index contributed by atoms with van der Waals surface area (Å²) in [4.78, 5) is 28.4. The van der Waals surface area contributed by atoms with Gasteiger partial charge < -0.3 is 9.88 Å². The Morgan fingerprint density at radius 2 is 2.07 bits per heavy atom. The number of aromatic nitrogens is 1. The van der Waals surface area contributed by atoms with Gasteiger partial charge in [0, 0.05) is 23.1 Å². The number of nitrogens with one attached hydrogen (secondary N) is 1. The number of hydrogen-bond acceptors (Lipinski definition) is 4. The van der Waals surface area contributed by atoms with Gasteiger partial charge in [-0.1, -0.05) is 37.3 Å². The number of fused-ring (bicyclic) bond motifs is 1. The number of amides is 1. The van der Waals surface area contributed by atoms with E-state index in [1.807, 2.05) is 41.0 Å². The summed E-state index contributed by atoms with van der Waals surface area (Å²) in [7, 11) is 0. The quantitative estimate of drug-likeness (QED) is 0.693. The third-order valence-corrected chi connectivity index (χ3v) is 7.07. The van der Waals surface area contributed by atoms with Crippen molar-refractivity contribution in [2.75, 3.05) is 13.1 Å². The van der Waals surface area contributed by atoms with E-state index in [9.17, 15) is 9.59 Å². The maximum absolute atomic E-state index is 13.1. The third kappa shape index (κ3) is 4.14. The maximum atomic E-state index is 13.1. The Hall–Kier alpha value is -2.05. The molecule has 1 saturated heterocycles. The van der Waals surface area contributed by atoms with Crippen LogP contribution in [0.4, 0.5) is 0 Å². The first kappa shape index (κ1) is 20.2. The lowest BCUT2D eigenvalue weighted by Crippen LogP contribution is -2.32. The molecule has 0 spiro atoms. The Morgan fingerprint density at radius 1 is 1.28 bits per heavy atom. The Balaban J connectivity index is 1.54. The molecule has 3 heterocycles. The molecule has 2 atom stereocenters. The molecule has 0 aliphatic carbocycles. The minimum absolute atomic E-state index is 0.0338. The number of nitrogens with zero attached hydrogens (tertiary/aromatic N) is 2. The SMILES string of the molecule is CC[C@@H](NC(=O)c1cc(C(=O)CN2CCC[C@@H]2C)c2n1CSC2)c1ccccc1. The number of benzene rings is 1. The summed E-state index contributed by atoms with van der Waals surface area (Å²) in [5.41, 5.74) is 3.44. The molecule has 1 aromatic carbocycles. The van der Waals surface area contributed by atoms with E-state index in [1.165, 1.54) is 0 Å². The summed E-state index contributed by atoms with van der Waals surface area (Å²) in [6.45, 7) is 5.70. The van der Waals surface area contributed by atoms with Gasteiger partial charge in [0.1, 0.15) is 5.69 Å². The molecular weight excluding hydrogens is 382 g/mol. The van der Waals surface area contributed by atoms with Crippen LogP contribution in [-0.4, -0.2) is 40.3 Å². The normalized spacial score (nSPS) is 19.9. The van der Waals surface area contributed by atoms with Crippen LogP contribution in [-0.2, 0) is 11.6 Å². The molecule has 5 nitrogen and oxygen atoms in total. The monoisotopic (exact) mass is 411 g/mol. The second kappa shape index (κ2) is 8.76. The highest BCUT2D eigenvalue weighted by Crippen LogP contribution is 2.31. The van der Waals surface area contributed by atoms with Gasteiger partial charge in [-0.3, -0.25) is 14.5 Å². The topological polar surface area (TPSA) is 54.3 Å². The summed E-state index contributed by atoms with van der Waals surface area (Å²) in [5, 5.41) is 3.17. The first-order valence-electron chi connectivity index (χ1n) is 10.5. The van der Waals surface area contributed by atoms with Gasteiger partial charge in [-0.25, -0.2) is 0 Å². The minimum atomic E-state index is -0.0990. The van der Waals surface area contributed by atoms with Crippen LogP contribution in [0.3, 0.4) is 0 Å². The van der Waals surface area contributed by atoms with Crippen molar-refractivity contribution in [2.24, 2.45) is 0 Å². The molecule has 29 heavy (non-hydrogen) atoms.